The first-order chi connectivity index (χ1) is 8.19. The van der Waals surface area contributed by atoms with Crippen molar-refractivity contribution in [2.45, 2.75) is 11.9 Å². The Hall–Kier alpha value is -0.810. The minimum atomic E-state index is -0.543. The van der Waals surface area contributed by atoms with Gasteiger partial charge in [0.25, 0.3) is 0 Å². The molecule has 1 aromatic heterocycles. The maximum absolute atomic E-state index is 8.62. The third kappa shape index (κ3) is 3.33. The second-order valence-corrected chi connectivity index (χ2v) is 5.02. The van der Waals surface area contributed by atoms with Crippen LogP contribution >= 0.6 is 27.5 Å². The van der Waals surface area contributed by atoms with Crippen molar-refractivity contribution in [3.05, 3.63) is 46.6 Å². The van der Waals surface area contributed by atoms with Crippen LogP contribution in [0.25, 0.3) is 11.3 Å². The Bertz CT molecular complexity index is 484. The van der Waals surface area contributed by atoms with E-state index in [1.54, 1.807) is 0 Å². The summed E-state index contributed by atoms with van der Waals surface area (Å²) in [7, 11) is 0. The van der Waals surface area contributed by atoms with E-state index in [9.17, 15) is 0 Å². The summed E-state index contributed by atoms with van der Waals surface area (Å²) in [6.07, 6.45) is 0.425. The van der Waals surface area contributed by atoms with Crippen molar-refractivity contribution in [2.75, 3.05) is 0 Å². The summed E-state index contributed by atoms with van der Waals surface area (Å²) >= 11 is 9.13. The molecule has 17 heavy (non-hydrogen) atoms. The molecule has 0 bridgehead atoms. The van der Waals surface area contributed by atoms with Gasteiger partial charge < -0.3 is 9.62 Å². The zero-order valence-corrected chi connectivity index (χ0v) is 11.2. The van der Waals surface area contributed by atoms with Gasteiger partial charge in [-0.05, 0) is 24.3 Å². The van der Waals surface area contributed by atoms with Crippen molar-refractivity contribution in [3.63, 3.8) is 0 Å². The minimum Gasteiger partial charge on any atom is -0.461 e. The number of hydroxylamine groups is 1. The van der Waals surface area contributed by atoms with E-state index < -0.39 is 5.50 Å². The molecule has 2 N–H and O–H groups in total. The van der Waals surface area contributed by atoms with Gasteiger partial charge in [-0.3, -0.25) is 0 Å². The summed E-state index contributed by atoms with van der Waals surface area (Å²) in [5, 5.41) is 8.62. The average molecular weight is 317 g/mol. The van der Waals surface area contributed by atoms with Gasteiger partial charge in [-0.15, -0.1) is 11.6 Å². The molecule has 0 aliphatic heterocycles. The van der Waals surface area contributed by atoms with Crippen LogP contribution in [0.2, 0.25) is 0 Å². The Labute approximate surface area is 112 Å². The predicted octanol–water partition coefficient (Wildman–Crippen LogP) is 3.80. The Morgan fingerprint density at radius 3 is 2.59 bits per heavy atom. The molecule has 0 spiro atoms. The van der Waals surface area contributed by atoms with Crippen molar-refractivity contribution in [1.82, 2.24) is 5.48 Å². The van der Waals surface area contributed by atoms with E-state index in [1.807, 2.05) is 41.9 Å². The minimum absolute atomic E-state index is 0.425. The first kappa shape index (κ1) is 12.6. The van der Waals surface area contributed by atoms with Crippen LogP contribution in [0, 0.1) is 0 Å². The van der Waals surface area contributed by atoms with Crippen LogP contribution in [-0.4, -0.2) is 10.7 Å². The second-order valence-electron chi connectivity index (χ2n) is 3.57. The molecule has 0 amide bonds. The Morgan fingerprint density at radius 2 is 1.94 bits per heavy atom. The Kier molecular flexibility index (Phi) is 4.23. The Morgan fingerprint density at radius 1 is 1.24 bits per heavy atom. The van der Waals surface area contributed by atoms with Gasteiger partial charge in [0.2, 0.25) is 0 Å². The molecule has 1 heterocycles. The van der Waals surface area contributed by atoms with E-state index in [0.29, 0.717) is 6.42 Å². The van der Waals surface area contributed by atoms with Crippen LogP contribution in [0.3, 0.4) is 0 Å². The van der Waals surface area contributed by atoms with Gasteiger partial charge in [0.1, 0.15) is 17.0 Å². The zero-order valence-electron chi connectivity index (χ0n) is 8.86. The summed E-state index contributed by atoms with van der Waals surface area (Å²) in [6.45, 7) is 0. The summed E-state index contributed by atoms with van der Waals surface area (Å²) in [4.78, 5) is 0. The summed E-state index contributed by atoms with van der Waals surface area (Å²) in [6, 6.07) is 11.6. The highest BCUT2D eigenvalue weighted by molar-refractivity contribution is 9.10. The van der Waals surface area contributed by atoms with Crippen LogP contribution in [-0.2, 0) is 6.42 Å². The van der Waals surface area contributed by atoms with Crippen molar-refractivity contribution < 1.29 is 9.62 Å². The Balaban J connectivity index is 2.15. The molecular formula is C12H11BrClNO2. The second kappa shape index (κ2) is 5.69. The third-order valence-electron chi connectivity index (χ3n) is 2.31. The average Bonchev–Trinajstić information content (AvgIpc) is 2.78. The van der Waals surface area contributed by atoms with E-state index >= 15 is 0 Å². The number of hydrogen-bond acceptors (Lipinski definition) is 3. The molecule has 0 aliphatic rings. The molecule has 0 fully saturated rings. The van der Waals surface area contributed by atoms with Crippen LogP contribution in [0.1, 0.15) is 5.76 Å². The summed E-state index contributed by atoms with van der Waals surface area (Å²) in [5.74, 6) is 1.51. The first-order valence-electron chi connectivity index (χ1n) is 5.07. The SMILES string of the molecule is ONC(Cl)Cc1ccc(-c2ccc(Br)cc2)o1. The van der Waals surface area contributed by atoms with Gasteiger partial charge >= 0.3 is 0 Å². The third-order valence-corrected chi connectivity index (χ3v) is 3.09. The van der Waals surface area contributed by atoms with Gasteiger partial charge in [0.05, 0.1) is 0 Å². The van der Waals surface area contributed by atoms with Gasteiger partial charge in [0.15, 0.2) is 0 Å². The predicted molar refractivity (Wildman–Crippen MR) is 70.1 cm³/mol. The number of halogens is 2. The van der Waals surface area contributed by atoms with E-state index in [0.717, 1.165) is 21.6 Å². The van der Waals surface area contributed by atoms with Crippen LogP contribution in [0.5, 0.6) is 0 Å². The molecule has 0 saturated heterocycles. The molecule has 0 radical (unpaired) electrons. The molecule has 0 saturated carbocycles. The van der Waals surface area contributed by atoms with Gasteiger partial charge in [0, 0.05) is 16.5 Å². The fraction of sp³-hybridized carbons (Fsp3) is 0.167. The molecule has 0 aliphatic carbocycles. The molecule has 3 nitrogen and oxygen atoms in total. The lowest BCUT2D eigenvalue weighted by molar-refractivity contribution is 0.152. The maximum atomic E-state index is 8.62. The molecule has 90 valence electrons. The topological polar surface area (TPSA) is 45.4 Å². The number of rotatable bonds is 4. The summed E-state index contributed by atoms with van der Waals surface area (Å²) < 4.78 is 6.66. The van der Waals surface area contributed by atoms with Crippen molar-refractivity contribution in [2.24, 2.45) is 0 Å². The first-order valence-corrected chi connectivity index (χ1v) is 6.30. The largest absolute Gasteiger partial charge is 0.461 e. The van der Waals surface area contributed by atoms with Crippen LogP contribution in [0.4, 0.5) is 0 Å². The number of hydrogen-bond donors (Lipinski definition) is 2. The lowest BCUT2D eigenvalue weighted by Gasteiger charge is -2.03. The molecule has 1 atom stereocenters. The van der Waals surface area contributed by atoms with E-state index in [1.165, 1.54) is 0 Å². The van der Waals surface area contributed by atoms with Gasteiger partial charge in [-0.2, -0.15) is 5.48 Å². The maximum Gasteiger partial charge on any atom is 0.134 e. The molecule has 1 aromatic carbocycles. The van der Waals surface area contributed by atoms with Gasteiger partial charge in [-0.1, -0.05) is 28.1 Å². The number of furan rings is 1. The number of benzene rings is 1. The highest BCUT2D eigenvalue weighted by Gasteiger charge is 2.09. The van der Waals surface area contributed by atoms with Crippen LogP contribution < -0.4 is 5.48 Å². The standard InChI is InChI=1S/C12H11BrClNO2/c13-9-3-1-8(2-4-9)11-6-5-10(17-11)7-12(14)15-16/h1-6,12,15-16H,7H2. The monoisotopic (exact) mass is 315 g/mol. The number of nitrogens with one attached hydrogen (secondary N) is 1. The zero-order chi connectivity index (χ0) is 12.3. The molecule has 5 heteroatoms. The normalized spacial score (nSPS) is 12.6. The van der Waals surface area contributed by atoms with E-state index in [-0.39, 0.29) is 0 Å². The number of alkyl halides is 1. The fourth-order valence-electron chi connectivity index (χ4n) is 1.48. The lowest BCUT2D eigenvalue weighted by Crippen LogP contribution is -2.21. The van der Waals surface area contributed by atoms with Crippen LogP contribution in [0.15, 0.2) is 45.3 Å². The molecular weight excluding hydrogens is 305 g/mol. The fourth-order valence-corrected chi connectivity index (χ4v) is 1.90. The molecule has 2 aromatic rings. The van der Waals surface area contributed by atoms with Crippen molar-refractivity contribution in [3.8, 4) is 11.3 Å². The molecule has 1 unspecified atom stereocenters. The smallest absolute Gasteiger partial charge is 0.134 e. The van der Waals surface area contributed by atoms with E-state index in [2.05, 4.69) is 15.9 Å². The van der Waals surface area contributed by atoms with Crippen molar-refractivity contribution >= 4 is 27.5 Å². The molecule has 2 rings (SSSR count). The summed E-state index contributed by atoms with van der Waals surface area (Å²) in [5.41, 5.74) is 2.43. The highest BCUT2D eigenvalue weighted by Crippen LogP contribution is 2.24. The lowest BCUT2D eigenvalue weighted by atomic mass is 10.2. The highest BCUT2D eigenvalue weighted by atomic mass is 79.9. The van der Waals surface area contributed by atoms with E-state index in [4.69, 9.17) is 21.2 Å². The quantitative estimate of drug-likeness (QED) is 0.512. The van der Waals surface area contributed by atoms with Gasteiger partial charge in [-0.25, -0.2) is 0 Å². The van der Waals surface area contributed by atoms with Crippen molar-refractivity contribution in [1.29, 1.82) is 0 Å².